The van der Waals surface area contributed by atoms with Crippen molar-refractivity contribution in [3.8, 4) is 0 Å². The van der Waals surface area contributed by atoms with Gasteiger partial charge in [0.2, 0.25) is 0 Å². The van der Waals surface area contributed by atoms with Gasteiger partial charge in [0.05, 0.1) is 11.9 Å². The number of aromatic nitrogens is 2. The van der Waals surface area contributed by atoms with Crippen molar-refractivity contribution in [3.63, 3.8) is 0 Å². The molecule has 1 aromatic heterocycles. The highest BCUT2D eigenvalue weighted by molar-refractivity contribution is 5.49. The molecule has 0 amide bonds. The van der Waals surface area contributed by atoms with E-state index >= 15 is 0 Å². The topological polar surface area (TPSA) is 29.0 Å². The molecule has 0 radical (unpaired) electrons. The van der Waals surface area contributed by atoms with Crippen LogP contribution in [-0.2, 0) is 0 Å². The fourth-order valence-corrected chi connectivity index (χ4v) is 2.59. The first-order valence-corrected chi connectivity index (χ1v) is 5.60. The summed E-state index contributed by atoms with van der Waals surface area (Å²) in [6.45, 7) is 3.70. The molecule has 3 heteroatoms. The Morgan fingerprint density at radius 2 is 2.13 bits per heavy atom. The molecule has 78 valence electrons. The van der Waals surface area contributed by atoms with Crippen molar-refractivity contribution in [2.24, 2.45) is 5.92 Å². The average Bonchev–Trinajstić information content (AvgIpc) is 2.32. The van der Waals surface area contributed by atoms with Crippen LogP contribution in [0.2, 0.25) is 0 Å². The quantitative estimate of drug-likeness (QED) is 0.691. The summed E-state index contributed by atoms with van der Waals surface area (Å²) >= 11 is 0. The summed E-state index contributed by atoms with van der Waals surface area (Å²) < 4.78 is 0. The summed E-state index contributed by atoms with van der Waals surface area (Å²) in [7, 11) is 0. The van der Waals surface area contributed by atoms with Gasteiger partial charge in [0.25, 0.3) is 0 Å². The predicted molar refractivity (Wildman–Crippen MR) is 59.2 cm³/mol. The van der Waals surface area contributed by atoms with Crippen LogP contribution in [0.3, 0.4) is 0 Å². The first-order chi connectivity index (χ1) is 7.42. The molecule has 15 heavy (non-hydrogen) atoms. The van der Waals surface area contributed by atoms with E-state index < -0.39 is 0 Å². The summed E-state index contributed by atoms with van der Waals surface area (Å²) in [6, 6.07) is 0. The Morgan fingerprint density at radius 1 is 1.27 bits per heavy atom. The first-order valence-electron chi connectivity index (χ1n) is 5.60. The summed E-state index contributed by atoms with van der Waals surface area (Å²) in [5.41, 5.74) is 2.55. The Morgan fingerprint density at radius 3 is 2.73 bits per heavy atom. The Kier molecular flexibility index (Phi) is 2.25. The zero-order chi connectivity index (χ0) is 10.1. The van der Waals surface area contributed by atoms with Gasteiger partial charge in [-0.1, -0.05) is 5.57 Å². The molecule has 0 spiro atoms. The van der Waals surface area contributed by atoms with Crippen molar-refractivity contribution in [3.05, 3.63) is 29.9 Å². The van der Waals surface area contributed by atoms with Crippen LogP contribution < -0.4 is 0 Å². The lowest BCUT2D eigenvalue weighted by Gasteiger charge is -2.41. The van der Waals surface area contributed by atoms with Crippen molar-refractivity contribution in [1.82, 2.24) is 14.9 Å². The summed E-state index contributed by atoms with van der Waals surface area (Å²) in [5.74, 6) is 0.803. The maximum atomic E-state index is 4.30. The van der Waals surface area contributed by atoms with E-state index in [9.17, 15) is 0 Å². The predicted octanol–water partition coefficient (Wildman–Crippen LogP) is 1.59. The highest BCUT2D eigenvalue weighted by Crippen LogP contribution is 2.32. The molecule has 1 aromatic rings. The second kappa shape index (κ2) is 3.74. The Hall–Kier alpha value is -1.22. The van der Waals surface area contributed by atoms with Crippen LogP contribution in [-0.4, -0.2) is 34.5 Å². The first kappa shape index (κ1) is 9.04. The Labute approximate surface area is 89.8 Å². The van der Waals surface area contributed by atoms with Crippen LogP contribution >= 0.6 is 0 Å². The van der Waals surface area contributed by atoms with E-state index in [1.165, 1.54) is 25.9 Å². The number of nitrogens with zero attached hydrogens (tertiary/aromatic N) is 3. The minimum absolute atomic E-state index is 0.803. The molecule has 3 aliphatic heterocycles. The summed E-state index contributed by atoms with van der Waals surface area (Å²) in [6.07, 6.45) is 10.2. The van der Waals surface area contributed by atoms with Gasteiger partial charge < -0.3 is 0 Å². The number of rotatable bonds is 1. The molecule has 3 saturated heterocycles. The molecule has 0 unspecified atom stereocenters. The molecule has 3 fully saturated rings. The monoisotopic (exact) mass is 201 g/mol. The molecule has 4 rings (SSSR count). The van der Waals surface area contributed by atoms with Gasteiger partial charge in [-0.15, -0.1) is 0 Å². The van der Waals surface area contributed by atoms with Crippen molar-refractivity contribution < 1.29 is 0 Å². The van der Waals surface area contributed by atoms with Gasteiger partial charge in [-0.3, -0.25) is 14.9 Å². The van der Waals surface area contributed by atoms with Crippen LogP contribution in [0.4, 0.5) is 0 Å². The molecule has 0 aromatic carbocycles. The zero-order valence-electron chi connectivity index (χ0n) is 8.76. The van der Waals surface area contributed by atoms with E-state index in [1.807, 2.05) is 6.20 Å². The Bertz CT molecular complexity index is 364. The molecule has 0 N–H and O–H groups in total. The van der Waals surface area contributed by atoms with Crippen molar-refractivity contribution >= 4 is 6.08 Å². The van der Waals surface area contributed by atoms with Crippen molar-refractivity contribution in [2.75, 3.05) is 19.6 Å². The molecule has 2 bridgehead atoms. The maximum absolute atomic E-state index is 4.30. The molecule has 3 aliphatic rings. The minimum Gasteiger partial charge on any atom is -0.299 e. The van der Waals surface area contributed by atoms with Crippen LogP contribution in [0, 0.1) is 5.92 Å². The molecule has 0 saturated carbocycles. The van der Waals surface area contributed by atoms with Crippen molar-refractivity contribution in [1.29, 1.82) is 0 Å². The van der Waals surface area contributed by atoms with Gasteiger partial charge in [-0.2, -0.15) is 0 Å². The van der Waals surface area contributed by atoms with Gasteiger partial charge in [-0.25, -0.2) is 0 Å². The van der Waals surface area contributed by atoms with Crippen LogP contribution in [0.15, 0.2) is 24.2 Å². The minimum atomic E-state index is 0.803. The van der Waals surface area contributed by atoms with Gasteiger partial charge in [-0.05, 0) is 37.9 Å². The van der Waals surface area contributed by atoms with E-state index in [0.717, 1.165) is 18.2 Å². The van der Waals surface area contributed by atoms with E-state index in [0.29, 0.717) is 0 Å². The van der Waals surface area contributed by atoms with Gasteiger partial charge in [0.15, 0.2) is 0 Å². The van der Waals surface area contributed by atoms with Crippen LogP contribution in [0.1, 0.15) is 18.5 Å². The number of hydrogen-bond acceptors (Lipinski definition) is 3. The molecule has 0 atom stereocenters. The van der Waals surface area contributed by atoms with E-state index in [-0.39, 0.29) is 0 Å². The fraction of sp³-hybridized carbons (Fsp3) is 0.500. The maximum Gasteiger partial charge on any atom is 0.0813 e. The fourth-order valence-electron chi connectivity index (χ4n) is 2.59. The second-order valence-corrected chi connectivity index (χ2v) is 4.40. The third-order valence-electron chi connectivity index (χ3n) is 3.43. The standard InChI is InChI=1S/C12H15N3/c1-5-15-6-2-10(1)11(9-15)7-12-8-13-3-4-14-12/h3-4,7-8,10H,1-2,5-6,9H2/b11-7+. The molecular weight excluding hydrogens is 186 g/mol. The van der Waals surface area contributed by atoms with Gasteiger partial charge in [0.1, 0.15) is 0 Å². The largest absolute Gasteiger partial charge is 0.299 e. The molecule has 0 aliphatic carbocycles. The normalized spacial score (nSPS) is 32.1. The number of piperidine rings is 3. The summed E-state index contributed by atoms with van der Waals surface area (Å²) in [4.78, 5) is 10.9. The Balaban J connectivity index is 1.85. The lowest BCUT2D eigenvalue weighted by atomic mass is 9.83. The van der Waals surface area contributed by atoms with E-state index in [4.69, 9.17) is 0 Å². The summed E-state index contributed by atoms with van der Waals surface area (Å²) in [5, 5.41) is 0. The highest BCUT2D eigenvalue weighted by Gasteiger charge is 2.29. The van der Waals surface area contributed by atoms with E-state index in [2.05, 4.69) is 20.9 Å². The number of hydrogen-bond donors (Lipinski definition) is 0. The second-order valence-electron chi connectivity index (χ2n) is 4.40. The average molecular weight is 201 g/mol. The smallest absolute Gasteiger partial charge is 0.0813 e. The zero-order valence-corrected chi connectivity index (χ0v) is 8.76. The molecule has 4 heterocycles. The highest BCUT2D eigenvalue weighted by atomic mass is 15.1. The molecular formula is C12H15N3. The van der Waals surface area contributed by atoms with Crippen molar-refractivity contribution in [2.45, 2.75) is 12.8 Å². The van der Waals surface area contributed by atoms with Crippen LogP contribution in [0.5, 0.6) is 0 Å². The third kappa shape index (κ3) is 1.79. The van der Waals surface area contributed by atoms with Crippen LogP contribution in [0.25, 0.3) is 6.08 Å². The SMILES string of the molecule is C(=C1/CN2CCC1CC2)/c1cnccn1. The third-order valence-corrected chi connectivity index (χ3v) is 3.43. The lowest BCUT2D eigenvalue weighted by molar-refractivity contribution is 0.163. The number of fused-ring (bicyclic) bond motifs is 3. The molecule has 3 nitrogen and oxygen atoms in total. The van der Waals surface area contributed by atoms with Gasteiger partial charge >= 0.3 is 0 Å². The van der Waals surface area contributed by atoms with E-state index in [1.54, 1.807) is 18.0 Å². The van der Waals surface area contributed by atoms with Gasteiger partial charge in [0, 0.05) is 18.9 Å². The lowest BCUT2D eigenvalue weighted by Crippen LogP contribution is -2.42.